The summed E-state index contributed by atoms with van der Waals surface area (Å²) in [6, 6.07) is -1.07. The number of thioether (sulfide) groups is 1. The molecule has 0 saturated carbocycles. The van der Waals surface area contributed by atoms with E-state index >= 15 is 0 Å². The van der Waals surface area contributed by atoms with Gasteiger partial charge in [-0.2, -0.15) is 0 Å². The molecule has 33 heavy (non-hydrogen) atoms. The smallest absolute Gasteiger partial charge is 0.352 e. The summed E-state index contributed by atoms with van der Waals surface area (Å²) in [7, 11) is 0. The van der Waals surface area contributed by atoms with Crippen molar-refractivity contribution in [3.63, 3.8) is 0 Å². The van der Waals surface area contributed by atoms with Crippen LogP contribution >= 0.6 is 23.1 Å². The minimum absolute atomic E-state index is 0.0502. The second-order valence-electron chi connectivity index (χ2n) is 6.65. The van der Waals surface area contributed by atoms with Crippen molar-refractivity contribution in [2.24, 2.45) is 10.9 Å². The first-order chi connectivity index (χ1) is 15.6. The van der Waals surface area contributed by atoms with Crippen LogP contribution in [0.25, 0.3) is 0 Å². The summed E-state index contributed by atoms with van der Waals surface area (Å²) < 4.78 is 4.87. The zero-order valence-corrected chi connectivity index (χ0v) is 18.6. The molecule has 1 aromatic heterocycles. The summed E-state index contributed by atoms with van der Waals surface area (Å²) >= 11 is 2.22. The number of aliphatic carboxylic acids is 1. The Hall–Kier alpha value is -3.66. The van der Waals surface area contributed by atoms with Crippen LogP contribution in [0.3, 0.4) is 0 Å². The minimum Gasteiger partial charge on any atom is -0.477 e. The minimum atomic E-state index is -1.36. The van der Waals surface area contributed by atoms with Crippen LogP contribution in [-0.2, 0) is 33.5 Å². The number of esters is 1. The van der Waals surface area contributed by atoms with Gasteiger partial charge in [-0.15, -0.1) is 23.1 Å². The van der Waals surface area contributed by atoms with E-state index in [1.165, 1.54) is 24.1 Å². The number of β-lactam (4-membered cyclic amide) rings is 1. The van der Waals surface area contributed by atoms with Crippen LogP contribution in [0.4, 0.5) is 5.13 Å². The van der Waals surface area contributed by atoms with Gasteiger partial charge in [-0.05, 0) is 0 Å². The lowest BCUT2D eigenvalue weighted by atomic mass is 10.0. The van der Waals surface area contributed by atoms with Gasteiger partial charge in [0, 0.05) is 23.6 Å². The van der Waals surface area contributed by atoms with Gasteiger partial charge in [-0.1, -0.05) is 5.16 Å². The van der Waals surface area contributed by atoms with Gasteiger partial charge >= 0.3 is 11.9 Å². The van der Waals surface area contributed by atoms with Gasteiger partial charge in [0.15, 0.2) is 17.5 Å². The molecule has 0 spiro atoms. The van der Waals surface area contributed by atoms with E-state index in [1.807, 2.05) is 0 Å². The number of ether oxygens (including phenoxy) is 1. The molecule has 0 unspecified atom stereocenters. The summed E-state index contributed by atoms with van der Waals surface area (Å²) in [6.45, 7) is 0.321. The van der Waals surface area contributed by atoms with Crippen LogP contribution in [0.15, 0.2) is 21.8 Å². The molecule has 1 fully saturated rings. The van der Waals surface area contributed by atoms with Gasteiger partial charge in [0.05, 0.1) is 0 Å². The highest BCUT2D eigenvalue weighted by Gasteiger charge is 2.54. The Bertz CT molecular complexity index is 1080. The Morgan fingerprint density at radius 2 is 2.12 bits per heavy atom. The summed E-state index contributed by atoms with van der Waals surface area (Å²) in [5, 5.41) is 16.5. The topological polar surface area (TPSA) is 217 Å². The number of aromatic nitrogens is 1. The van der Waals surface area contributed by atoms with Crippen molar-refractivity contribution in [3.8, 4) is 0 Å². The third kappa shape index (κ3) is 5.23. The maximum absolute atomic E-state index is 12.8. The van der Waals surface area contributed by atoms with Gasteiger partial charge < -0.3 is 31.5 Å². The molecule has 3 amide bonds. The fraction of sp³-hybridized carbons (Fsp3) is 0.353. The number of carbonyl (C=O) groups is 5. The van der Waals surface area contributed by atoms with Crippen LogP contribution in [0.2, 0.25) is 0 Å². The molecule has 6 N–H and O–H groups in total. The Balaban J connectivity index is 1.78. The Labute approximate surface area is 193 Å². The summed E-state index contributed by atoms with van der Waals surface area (Å²) in [6.07, 6.45) is 0. The van der Waals surface area contributed by atoms with Gasteiger partial charge in [0.2, 0.25) is 0 Å². The lowest BCUT2D eigenvalue weighted by molar-refractivity contribution is -0.150. The highest BCUT2D eigenvalue weighted by molar-refractivity contribution is 8.00. The highest BCUT2D eigenvalue weighted by atomic mass is 32.2. The van der Waals surface area contributed by atoms with Crippen LogP contribution in [-0.4, -0.2) is 80.7 Å². The predicted octanol–water partition coefficient (Wildman–Crippen LogP) is -1.77. The molecule has 1 aromatic rings. The first kappa shape index (κ1) is 24.0. The normalized spacial score (nSPS) is 20.0. The monoisotopic (exact) mass is 498 g/mol. The number of rotatable bonds is 9. The molecule has 0 aromatic carbocycles. The first-order valence-corrected chi connectivity index (χ1v) is 11.1. The standard InChI is InChI=1S/C17H18N6O8S2/c1-6(24)30-2-7-4-32-15-11(14(27)23(15)12(7)16(28)29)21-13(26)10(22-31-3-9(18)25)8-5-33-17(19)20-8/h5,11,15H,2-4H2,1H3,(H2,18,25)(H2,19,20)(H,21,26)(H,28,29)/b22-10-/t11-,15+/m1/s1. The Morgan fingerprint density at radius 1 is 1.39 bits per heavy atom. The zero-order valence-electron chi connectivity index (χ0n) is 17.0. The number of carboxylic acid groups (broad SMARTS) is 1. The van der Waals surface area contributed by atoms with Crippen molar-refractivity contribution < 1.29 is 38.7 Å². The number of nitrogen functional groups attached to an aromatic ring is 1. The molecule has 2 aliphatic rings. The van der Waals surface area contributed by atoms with Crippen molar-refractivity contribution in [2.75, 3.05) is 24.7 Å². The number of nitrogens with one attached hydrogen (secondary N) is 1. The molecule has 176 valence electrons. The molecule has 2 atom stereocenters. The maximum atomic E-state index is 12.8. The summed E-state index contributed by atoms with van der Waals surface area (Å²) in [4.78, 5) is 69.0. The van der Waals surface area contributed by atoms with Gasteiger partial charge in [0.25, 0.3) is 17.7 Å². The fourth-order valence-corrected chi connectivity index (χ4v) is 4.83. The lowest BCUT2D eigenvalue weighted by Gasteiger charge is -2.49. The molecule has 3 heterocycles. The quantitative estimate of drug-likeness (QED) is 0.129. The highest BCUT2D eigenvalue weighted by Crippen LogP contribution is 2.40. The molecule has 1 saturated heterocycles. The number of carboxylic acids is 1. The second kappa shape index (κ2) is 9.86. The van der Waals surface area contributed by atoms with Crippen LogP contribution in [0.1, 0.15) is 12.6 Å². The molecule has 0 aliphatic carbocycles. The van der Waals surface area contributed by atoms with Crippen LogP contribution in [0, 0.1) is 0 Å². The summed E-state index contributed by atoms with van der Waals surface area (Å²) in [5.74, 6) is -4.13. The average molecular weight is 498 g/mol. The van der Waals surface area contributed by atoms with E-state index in [0.29, 0.717) is 0 Å². The van der Waals surface area contributed by atoms with E-state index in [1.54, 1.807) is 0 Å². The summed E-state index contributed by atoms with van der Waals surface area (Å²) in [5.41, 5.74) is 10.3. The maximum Gasteiger partial charge on any atom is 0.352 e. The van der Waals surface area contributed by atoms with E-state index in [-0.39, 0.29) is 40.2 Å². The first-order valence-electron chi connectivity index (χ1n) is 9.14. The van der Waals surface area contributed by atoms with Gasteiger partial charge in [-0.25, -0.2) is 9.78 Å². The number of thiazole rings is 1. The molecule has 3 rings (SSSR count). The SMILES string of the molecule is CC(=O)OCC1=C(C(=O)O)N2C(=O)[C@@H](NC(=O)/C(=N\OCC(N)=O)c3csc(N)n3)[C@@H]2SC1. The molecule has 16 heteroatoms. The second-order valence-corrected chi connectivity index (χ2v) is 8.64. The number of amides is 3. The van der Waals surface area contributed by atoms with Crippen molar-refractivity contribution >= 4 is 63.6 Å². The number of nitrogens with zero attached hydrogens (tertiary/aromatic N) is 3. The lowest BCUT2D eigenvalue weighted by Crippen LogP contribution is -2.71. The van der Waals surface area contributed by atoms with E-state index in [2.05, 4.69) is 15.5 Å². The Morgan fingerprint density at radius 3 is 2.70 bits per heavy atom. The van der Waals surface area contributed by atoms with Gasteiger partial charge in [-0.3, -0.25) is 24.1 Å². The van der Waals surface area contributed by atoms with Crippen molar-refractivity contribution in [3.05, 3.63) is 22.3 Å². The molecule has 2 aliphatic heterocycles. The number of carbonyl (C=O) groups excluding carboxylic acids is 4. The van der Waals surface area contributed by atoms with E-state index < -0.39 is 47.7 Å². The number of oxime groups is 1. The van der Waals surface area contributed by atoms with Crippen molar-refractivity contribution in [2.45, 2.75) is 18.3 Å². The zero-order chi connectivity index (χ0) is 24.3. The Kier molecular flexibility index (Phi) is 7.17. The van der Waals surface area contributed by atoms with Crippen LogP contribution in [0.5, 0.6) is 0 Å². The van der Waals surface area contributed by atoms with Crippen molar-refractivity contribution in [1.29, 1.82) is 0 Å². The van der Waals surface area contributed by atoms with E-state index in [0.717, 1.165) is 16.2 Å². The molecule has 0 bridgehead atoms. The number of nitrogens with two attached hydrogens (primary N) is 2. The number of anilines is 1. The van der Waals surface area contributed by atoms with Crippen LogP contribution < -0.4 is 16.8 Å². The fourth-order valence-electron chi connectivity index (χ4n) is 2.95. The average Bonchev–Trinajstić information content (AvgIpc) is 3.17. The predicted molar refractivity (Wildman–Crippen MR) is 115 cm³/mol. The molecule has 0 radical (unpaired) electrons. The molecular weight excluding hydrogens is 480 g/mol. The number of hydrogen-bond acceptors (Lipinski definition) is 12. The molecule has 14 nitrogen and oxygen atoms in total. The number of hydrogen-bond donors (Lipinski definition) is 4. The van der Waals surface area contributed by atoms with E-state index in [4.69, 9.17) is 21.0 Å². The molecular formula is C17H18N6O8S2. The largest absolute Gasteiger partial charge is 0.477 e. The number of primary amides is 1. The third-order valence-corrected chi connectivity index (χ3v) is 6.34. The van der Waals surface area contributed by atoms with E-state index in [9.17, 15) is 29.1 Å². The van der Waals surface area contributed by atoms with Crippen molar-refractivity contribution in [1.82, 2.24) is 15.2 Å². The van der Waals surface area contributed by atoms with Gasteiger partial charge in [0.1, 0.15) is 29.4 Å². The third-order valence-electron chi connectivity index (χ3n) is 4.33. The number of fused-ring (bicyclic) bond motifs is 1.